The van der Waals surface area contributed by atoms with Gasteiger partial charge >= 0.3 is 0 Å². The van der Waals surface area contributed by atoms with E-state index in [4.69, 9.17) is 10.3 Å². The number of allylic oxidation sites excluding steroid dienone is 1. The van der Waals surface area contributed by atoms with Gasteiger partial charge in [-0.15, -0.1) is 0 Å². The number of fused-ring (bicyclic) bond motifs is 1. The largest absolute Gasteiger partial charge is 0.494 e. The average molecular weight is 522 g/mol. The molecule has 8 heteroatoms. The van der Waals surface area contributed by atoms with Crippen molar-refractivity contribution in [3.63, 3.8) is 0 Å². The van der Waals surface area contributed by atoms with Crippen molar-refractivity contribution in [1.29, 1.82) is 5.53 Å². The quantitative estimate of drug-likeness (QED) is 0.206. The maximum atomic E-state index is 14.3. The predicted molar refractivity (Wildman–Crippen MR) is 150 cm³/mol. The standard InChI is InChI=1S/C30H40FN5O2/c1-2-23-21-29-24(20-27(23)31)19-26(30(37)34-29)28(35-32)8-5-3-4-7-22-9-11-25(12-10-22)38-18-6-15-36-16-13-33-14-17-36/h8-12,19-21,30,32-34,37H,2-7,13-18H2,1H3/b28-8-,35-32?. The lowest BCUT2D eigenvalue weighted by Gasteiger charge is -2.26. The molecule has 4 N–H and O–H groups in total. The number of piperazine rings is 1. The number of hydrogen-bond donors (Lipinski definition) is 4. The third-order valence-corrected chi connectivity index (χ3v) is 7.19. The van der Waals surface area contributed by atoms with Crippen LogP contribution in [0.25, 0.3) is 6.08 Å². The van der Waals surface area contributed by atoms with Crippen molar-refractivity contribution in [2.75, 3.05) is 44.6 Å². The molecule has 0 radical (unpaired) electrons. The van der Waals surface area contributed by atoms with Crippen LogP contribution in [0.15, 0.2) is 58.9 Å². The average Bonchev–Trinajstić information content (AvgIpc) is 2.94. The number of rotatable bonds is 13. The Labute approximate surface area is 225 Å². The molecular formula is C30H40FN5O2. The number of aliphatic hydroxyl groups is 1. The van der Waals surface area contributed by atoms with Gasteiger partial charge in [0.2, 0.25) is 0 Å². The number of unbranched alkanes of at least 4 members (excludes halogenated alkanes) is 2. The van der Waals surface area contributed by atoms with Crippen molar-refractivity contribution in [2.24, 2.45) is 5.11 Å². The van der Waals surface area contributed by atoms with Crippen LogP contribution in [-0.2, 0) is 12.8 Å². The van der Waals surface area contributed by atoms with E-state index in [1.54, 1.807) is 12.1 Å². The van der Waals surface area contributed by atoms with Crippen LogP contribution in [0.4, 0.5) is 10.1 Å². The van der Waals surface area contributed by atoms with Gasteiger partial charge in [-0.1, -0.05) is 25.1 Å². The Balaban J connectivity index is 1.20. The van der Waals surface area contributed by atoms with Gasteiger partial charge in [-0.2, -0.15) is 5.11 Å². The van der Waals surface area contributed by atoms with Crippen LogP contribution >= 0.6 is 0 Å². The number of nitrogens with one attached hydrogen (secondary N) is 3. The van der Waals surface area contributed by atoms with E-state index < -0.39 is 6.23 Å². The number of ether oxygens (including phenoxy) is 1. The zero-order valence-corrected chi connectivity index (χ0v) is 22.3. The van der Waals surface area contributed by atoms with E-state index in [1.165, 1.54) is 11.6 Å². The number of hydrogen-bond acceptors (Lipinski definition) is 7. The van der Waals surface area contributed by atoms with Gasteiger partial charge in [-0.25, -0.2) is 9.92 Å². The Morgan fingerprint density at radius 3 is 2.71 bits per heavy atom. The number of benzene rings is 2. The van der Waals surface area contributed by atoms with Crippen LogP contribution in [0.3, 0.4) is 0 Å². The maximum Gasteiger partial charge on any atom is 0.153 e. The molecule has 2 aromatic carbocycles. The van der Waals surface area contributed by atoms with Crippen molar-refractivity contribution in [1.82, 2.24) is 10.2 Å². The van der Waals surface area contributed by atoms with Crippen molar-refractivity contribution in [3.8, 4) is 5.75 Å². The Morgan fingerprint density at radius 2 is 1.97 bits per heavy atom. The highest BCUT2D eigenvalue weighted by Gasteiger charge is 2.22. The van der Waals surface area contributed by atoms with E-state index in [0.29, 0.717) is 34.5 Å². The second-order valence-corrected chi connectivity index (χ2v) is 9.92. The molecule has 1 atom stereocenters. The van der Waals surface area contributed by atoms with Crippen LogP contribution in [-0.4, -0.2) is 55.6 Å². The molecule has 0 amide bonds. The van der Waals surface area contributed by atoms with Crippen molar-refractivity contribution in [2.45, 2.75) is 51.7 Å². The Morgan fingerprint density at radius 1 is 1.18 bits per heavy atom. The third kappa shape index (κ3) is 7.72. The molecule has 0 aliphatic carbocycles. The van der Waals surface area contributed by atoms with Crippen LogP contribution in [0.5, 0.6) is 5.75 Å². The van der Waals surface area contributed by atoms with Crippen LogP contribution in [0.2, 0.25) is 0 Å². The summed E-state index contributed by atoms with van der Waals surface area (Å²) < 4.78 is 20.2. The molecule has 0 aromatic heterocycles. The molecule has 7 nitrogen and oxygen atoms in total. The summed E-state index contributed by atoms with van der Waals surface area (Å²) in [4.78, 5) is 2.48. The zero-order chi connectivity index (χ0) is 26.7. The first-order chi connectivity index (χ1) is 18.6. The van der Waals surface area contributed by atoms with Gasteiger partial charge in [0.15, 0.2) is 6.23 Å². The highest BCUT2D eigenvalue weighted by Crippen LogP contribution is 2.32. The predicted octanol–water partition coefficient (Wildman–Crippen LogP) is 5.52. The van der Waals surface area contributed by atoms with Crippen LogP contribution < -0.4 is 15.4 Å². The summed E-state index contributed by atoms with van der Waals surface area (Å²) in [6, 6.07) is 11.5. The molecule has 1 saturated heterocycles. The molecule has 1 unspecified atom stereocenters. The van der Waals surface area contributed by atoms with E-state index in [-0.39, 0.29) is 5.82 Å². The molecule has 2 aromatic rings. The molecule has 0 bridgehead atoms. The normalized spacial score (nSPS) is 17.9. The van der Waals surface area contributed by atoms with Crippen molar-refractivity contribution >= 4 is 11.8 Å². The monoisotopic (exact) mass is 521 g/mol. The topological polar surface area (TPSA) is 93.0 Å². The minimum absolute atomic E-state index is 0.265. The number of halogens is 1. The van der Waals surface area contributed by atoms with Gasteiger partial charge in [-0.05, 0) is 80.0 Å². The number of aliphatic hydroxyl groups excluding tert-OH is 1. The fraction of sp³-hybridized carbons (Fsp3) is 0.467. The molecule has 38 heavy (non-hydrogen) atoms. The zero-order valence-electron chi connectivity index (χ0n) is 22.3. The van der Waals surface area contributed by atoms with E-state index >= 15 is 0 Å². The summed E-state index contributed by atoms with van der Waals surface area (Å²) in [5.74, 6) is 0.651. The fourth-order valence-electron chi connectivity index (χ4n) is 4.94. The summed E-state index contributed by atoms with van der Waals surface area (Å²) in [6.07, 6.45) is 7.87. The third-order valence-electron chi connectivity index (χ3n) is 7.19. The van der Waals surface area contributed by atoms with E-state index in [0.717, 1.165) is 77.2 Å². The molecule has 0 spiro atoms. The smallest absolute Gasteiger partial charge is 0.153 e. The molecule has 204 valence electrons. The molecule has 4 rings (SSSR count). The number of anilines is 1. The van der Waals surface area contributed by atoms with E-state index in [1.807, 2.05) is 25.1 Å². The lowest BCUT2D eigenvalue weighted by atomic mass is 9.97. The molecule has 1 fully saturated rings. The molecule has 0 saturated carbocycles. The van der Waals surface area contributed by atoms with Gasteiger partial charge in [0.05, 0.1) is 12.3 Å². The summed E-state index contributed by atoms with van der Waals surface area (Å²) in [7, 11) is 0. The minimum atomic E-state index is -0.985. The summed E-state index contributed by atoms with van der Waals surface area (Å²) in [5, 5.41) is 20.6. The van der Waals surface area contributed by atoms with Gasteiger partial charge in [0.1, 0.15) is 11.6 Å². The number of nitrogens with zero attached hydrogens (tertiary/aromatic N) is 2. The Bertz CT molecular complexity index is 1130. The van der Waals surface area contributed by atoms with Gasteiger partial charge in [0, 0.05) is 49.5 Å². The second-order valence-electron chi connectivity index (χ2n) is 9.92. The molecule has 2 heterocycles. The highest BCUT2D eigenvalue weighted by atomic mass is 19.1. The first-order valence-electron chi connectivity index (χ1n) is 13.8. The molecular weight excluding hydrogens is 481 g/mol. The number of aryl methyl sites for hydroxylation is 2. The first kappa shape index (κ1) is 28.0. The Kier molecular flexibility index (Phi) is 10.4. The van der Waals surface area contributed by atoms with E-state index in [2.05, 4.69) is 32.8 Å². The summed E-state index contributed by atoms with van der Waals surface area (Å²) in [6.45, 7) is 8.12. The lowest BCUT2D eigenvalue weighted by molar-refractivity contribution is 0.214. The van der Waals surface area contributed by atoms with Crippen LogP contribution in [0.1, 0.15) is 49.3 Å². The molecule has 2 aliphatic rings. The van der Waals surface area contributed by atoms with Gasteiger partial charge < -0.3 is 25.4 Å². The second kappa shape index (κ2) is 14.2. The van der Waals surface area contributed by atoms with E-state index in [9.17, 15) is 9.50 Å². The first-order valence-corrected chi connectivity index (χ1v) is 13.8. The van der Waals surface area contributed by atoms with Crippen LogP contribution in [0, 0.1) is 11.3 Å². The van der Waals surface area contributed by atoms with Crippen molar-refractivity contribution < 1.29 is 14.2 Å². The van der Waals surface area contributed by atoms with Gasteiger partial charge in [-0.3, -0.25) is 0 Å². The van der Waals surface area contributed by atoms with Crippen molar-refractivity contribution in [3.05, 3.63) is 76.3 Å². The summed E-state index contributed by atoms with van der Waals surface area (Å²) in [5.41, 5.74) is 11.7. The minimum Gasteiger partial charge on any atom is -0.494 e. The fourth-order valence-corrected chi connectivity index (χ4v) is 4.94. The summed E-state index contributed by atoms with van der Waals surface area (Å²) >= 11 is 0. The Hall–Kier alpha value is -3.07. The SMILES string of the molecule is CCc1cc2c(cc1F)C=C(/C(=C/CCCCc1ccc(OCCCN3CCNCC3)cc1)N=N)C(O)N2. The van der Waals surface area contributed by atoms with Gasteiger partial charge in [0.25, 0.3) is 0 Å². The lowest BCUT2D eigenvalue weighted by Crippen LogP contribution is -2.43. The highest BCUT2D eigenvalue weighted by molar-refractivity contribution is 5.76. The maximum absolute atomic E-state index is 14.3. The molecule has 2 aliphatic heterocycles.